The third kappa shape index (κ3) is 5.25. The number of thiophene rings is 1. The average molecular weight is 584 g/mol. The molecule has 1 aromatic carbocycles. The van der Waals surface area contributed by atoms with Gasteiger partial charge in [0.15, 0.2) is 0 Å². The van der Waals surface area contributed by atoms with Crippen molar-refractivity contribution in [3.05, 3.63) is 51.1 Å². The first-order valence-electron chi connectivity index (χ1n) is 14.1. The zero-order chi connectivity index (χ0) is 29.5. The molecule has 3 fully saturated rings. The highest BCUT2D eigenvalue weighted by molar-refractivity contribution is 7.10. The molecule has 1 aliphatic heterocycles. The first-order chi connectivity index (χ1) is 19.5. The van der Waals surface area contributed by atoms with Gasteiger partial charge >= 0.3 is 5.97 Å². The number of esters is 1. The molecule has 10 nitrogen and oxygen atoms in total. The molecule has 2 heterocycles. The number of fused-ring (bicyclic) bond motifs is 2. The Labute approximate surface area is 243 Å². The van der Waals surface area contributed by atoms with E-state index in [4.69, 9.17) is 4.74 Å². The highest BCUT2D eigenvalue weighted by Crippen LogP contribution is 2.66. The van der Waals surface area contributed by atoms with E-state index in [0.29, 0.717) is 35.7 Å². The van der Waals surface area contributed by atoms with Crippen LogP contribution < -0.4 is 5.32 Å². The first kappa shape index (κ1) is 29.2. The van der Waals surface area contributed by atoms with Gasteiger partial charge in [-0.15, -0.1) is 16.2 Å². The van der Waals surface area contributed by atoms with Gasteiger partial charge in [-0.1, -0.05) is 32.9 Å². The van der Waals surface area contributed by atoms with E-state index in [9.17, 15) is 29.5 Å². The number of aromatic hydroxyl groups is 1. The second-order valence-corrected chi connectivity index (χ2v) is 13.3. The molecule has 2 saturated carbocycles. The van der Waals surface area contributed by atoms with E-state index >= 15 is 0 Å². The van der Waals surface area contributed by atoms with Crippen LogP contribution in [0.15, 0.2) is 40.9 Å². The fourth-order valence-electron chi connectivity index (χ4n) is 7.00. The van der Waals surface area contributed by atoms with Gasteiger partial charge in [0.1, 0.15) is 35.7 Å². The van der Waals surface area contributed by atoms with Crippen molar-refractivity contribution < 1.29 is 29.3 Å². The van der Waals surface area contributed by atoms with Crippen molar-refractivity contribution in [1.29, 1.82) is 0 Å². The lowest BCUT2D eigenvalue weighted by molar-refractivity contribution is -0.165. The summed E-state index contributed by atoms with van der Waals surface area (Å²) in [6.45, 7) is 7.08. The summed E-state index contributed by atoms with van der Waals surface area (Å²) >= 11 is 1.29. The van der Waals surface area contributed by atoms with Crippen molar-refractivity contribution in [3.8, 4) is 5.75 Å². The summed E-state index contributed by atoms with van der Waals surface area (Å²) < 4.78 is 6.13. The molecule has 1 aromatic heterocycles. The Kier molecular flexibility index (Phi) is 7.95. The molecular weight excluding hydrogens is 546 g/mol. The summed E-state index contributed by atoms with van der Waals surface area (Å²) in [4.78, 5) is 53.4. The first-order valence-corrected chi connectivity index (χ1v) is 15.0. The Balaban J connectivity index is 1.28. The van der Waals surface area contributed by atoms with Gasteiger partial charge < -0.3 is 25.2 Å². The van der Waals surface area contributed by atoms with Crippen LogP contribution in [0.25, 0.3) is 0 Å². The van der Waals surface area contributed by atoms with Crippen LogP contribution in [-0.2, 0) is 25.5 Å². The number of phenols is 1. The van der Waals surface area contributed by atoms with Crippen LogP contribution in [0.3, 0.4) is 0 Å². The van der Waals surface area contributed by atoms with E-state index in [1.54, 1.807) is 17.5 Å². The van der Waals surface area contributed by atoms with Crippen LogP contribution >= 0.6 is 11.3 Å². The standard InChI is InChI=1S/C30H37N3O7S/c1-29(2)18-10-11-30(29,3)24(16-18)40-28(38)20-6-4-12-33(20)27(37)25(23-7-5-13-41-23)31-26(36)22(35)15-17-8-9-21(34)19(14-17)32-39/h5,7-9,13-14,18,20,22,24-25,34-35H,4,6,10-12,15-16H2,1-3H3,(H,31,36). The van der Waals surface area contributed by atoms with Crippen molar-refractivity contribution in [2.24, 2.45) is 21.9 Å². The van der Waals surface area contributed by atoms with Crippen molar-refractivity contribution >= 4 is 34.8 Å². The second kappa shape index (κ2) is 11.2. The monoisotopic (exact) mass is 583 g/mol. The molecule has 3 N–H and O–H groups in total. The minimum Gasteiger partial charge on any atom is -0.506 e. The van der Waals surface area contributed by atoms with Gasteiger partial charge in [0.2, 0.25) is 5.91 Å². The lowest BCUT2D eigenvalue weighted by Crippen LogP contribution is -2.50. The van der Waals surface area contributed by atoms with E-state index in [-0.39, 0.29) is 34.8 Å². The van der Waals surface area contributed by atoms with E-state index in [1.807, 2.05) is 0 Å². The number of nitrogens with one attached hydrogen (secondary N) is 1. The quantitative estimate of drug-likeness (QED) is 0.294. The third-order valence-electron chi connectivity index (χ3n) is 10.0. The minimum atomic E-state index is -1.53. The third-order valence-corrected chi connectivity index (χ3v) is 10.9. The van der Waals surface area contributed by atoms with Crippen LogP contribution in [-0.4, -0.2) is 57.7 Å². The summed E-state index contributed by atoms with van der Waals surface area (Å²) in [5, 5.41) is 27.5. The van der Waals surface area contributed by atoms with E-state index < -0.39 is 36.0 Å². The smallest absolute Gasteiger partial charge is 0.329 e. The maximum Gasteiger partial charge on any atom is 0.329 e. The molecule has 220 valence electrons. The molecule has 3 aliphatic rings. The lowest BCUT2D eigenvalue weighted by atomic mass is 9.70. The number of nitrogens with zero attached hydrogens (tertiary/aromatic N) is 2. The zero-order valence-electron chi connectivity index (χ0n) is 23.5. The molecule has 2 amide bonds. The number of benzene rings is 1. The van der Waals surface area contributed by atoms with Gasteiger partial charge in [0, 0.05) is 23.3 Å². The highest BCUT2D eigenvalue weighted by Gasteiger charge is 2.63. The number of likely N-dealkylation sites (tertiary alicyclic amines) is 1. The van der Waals surface area contributed by atoms with Gasteiger partial charge in [-0.3, -0.25) is 9.59 Å². The van der Waals surface area contributed by atoms with Crippen LogP contribution in [0, 0.1) is 21.7 Å². The van der Waals surface area contributed by atoms with Crippen molar-refractivity contribution in [2.75, 3.05) is 6.54 Å². The number of phenolic OH excluding ortho intramolecular Hbond substituents is 1. The van der Waals surface area contributed by atoms with Crippen LogP contribution in [0.5, 0.6) is 5.75 Å². The molecule has 0 spiro atoms. The molecule has 2 bridgehead atoms. The fourth-order valence-corrected chi connectivity index (χ4v) is 7.77. The number of carbonyl (C=O) groups is 3. The molecule has 1 saturated heterocycles. The number of nitroso groups, excluding NO2 is 1. The zero-order valence-corrected chi connectivity index (χ0v) is 24.4. The van der Waals surface area contributed by atoms with Gasteiger partial charge in [-0.25, -0.2) is 4.79 Å². The fraction of sp³-hybridized carbons (Fsp3) is 0.567. The molecule has 2 aliphatic carbocycles. The van der Waals surface area contributed by atoms with E-state index in [1.165, 1.54) is 34.4 Å². The number of ether oxygens (including phenoxy) is 1. The van der Waals surface area contributed by atoms with Gasteiger partial charge in [-0.2, -0.15) is 0 Å². The average Bonchev–Trinajstić information content (AvgIpc) is 3.72. The Morgan fingerprint density at radius 2 is 2.00 bits per heavy atom. The summed E-state index contributed by atoms with van der Waals surface area (Å²) in [6, 6.07) is 5.70. The second-order valence-electron chi connectivity index (χ2n) is 12.3. The van der Waals surface area contributed by atoms with Crippen molar-refractivity contribution in [3.63, 3.8) is 0 Å². The molecule has 6 atom stereocenters. The number of aliphatic hydroxyl groups excluding tert-OH is 1. The molecular formula is C30H37N3O7S. The molecule has 2 aromatic rings. The Hall–Kier alpha value is -3.31. The number of amides is 2. The van der Waals surface area contributed by atoms with Gasteiger partial charge in [-0.05, 0) is 77.8 Å². The maximum atomic E-state index is 13.9. The normalized spacial score (nSPS) is 27.8. The van der Waals surface area contributed by atoms with Crippen molar-refractivity contribution in [2.45, 2.75) is 83.6 Å². The summed E-state index contributed by atoms with van der Waals surface area (Å²) in [5.74, 6) is -1.39. The highest BCUT2D eigenvalue weighted by atomic mass is 32.1. The molecule has 6 unspecified atom stereocenters. The predicted octanol–water partition coefficient (Wildman–Crippen LogP) is 4.36. The van der Waals surface area contributed by atoms with Gasteiger partial charge in [0.25, 0.3) is 5.91 Å². The van der Waals surface area contributed by atoms with E-state index in [0.717, 1.165) is 19.3 Å². The number of hydrogen-bond acceptors (Lipinski definition) is 9. The Morgan fingerprint density at radius 1 is 1.22 bits per heavy atom. The summed E-state index contributed by atoms with van der Waals surface area (Å²) in [7, 11) is 0. The Bertz CT molecular complexity index is 1330. The molecule has 0 radical (unpaired) electrons. The molecule has 11 heteroatoms. The topological polar surface area (TPSA) is 146 Å². The number of aliphatic hydroxyl groups is 1. The van der Waals surface area contributed by atoms with E-state index in [2.05, 4.69) is 31.3 Å². The molecule has 41 heavy (non-hydrogen) atoms. The Morgan fingerprint density at radius 3 is 2.63 bits per heavy atom. The number of carbonyl (C=O) groups excluding carboxylic acids is 3. The summed E-state index contributed by atoms with van der Waals surface area (Å²) in [6.07, 6.45) is 2.26. The summed E-state index contributed by atoms with van der Waals surface area (Å²) in [5.41, 5.74) is 0.213. The maximum absolute atomic E-state index is 13.9. The SMILES string of the molecule is CC1(C)C2CCC1(C)C(OC(=O)C1CCCN1C(=O)C(NC(=O)C(O)Cc1ccc(O)c(N=O)c1)c1cccs1)C2. The lowest BCUT2D eigenvalue weighted by Gasteiger charge is -2.39. The van der Waals surface area contributed by atoms with Crippen LogP contribution in [0.4, 0.5) is 5.69 Å². The molecule has 5 rings (SSSR count). The number of hydrogen-bond donors (Lipinski definition) is 3. The van der Waals surface area contributed by atoms with Gasteiger partial charge in [0.05, 0.1) is 0 Å². The predicted molar refractivity (Wildman–Crippen MR) is 152 cm³/mol. The largest absolute Gasteiger partial charge is 0.506 e. The minimum absolute atomic E-state index is 0.0873. The van der Waals surface area contributed by atoms with Crippen LogP contribution in [0.2, 0.25) is 0 Å². The van der Waals surface area contributed by atoms with Crippen molar-refractivity contribution in [1.82, 2.24) is 10.2 Å². The number of rotatable bonds is 9. The van der Waals surface area contributed by atoms with Crippen LogP contribution in [0.1, 0.15) is 69.4 Å².